The Balaban J connectivity index is 2.11. The number of unbranched alkanes of at least 4 members (excludes halogenated alkanes) is 1. The zero-order valence-corrected chi connectivity index (χ0v) is 22.7. The van der Waals surface area contributed by atoms with Crippen molar-refractivity contribution in [3.05, 3.63) is 12.7 Å². The number of esters is 2. The second kappa shape index (κ2) is 13.6. The largest absolute Gasteiger partial charge is 0.464 e. The molecule has 2 aromatic rings. The molecular weight excluding hydrogens is 491 g/mol. The standard InChI is InChI=1S/C22H37N6O7P/c1-7-8-9-32-21(30)22(5,6)28(36(31)34-11-17(29)35-15(2)3)14-33-16(4)10-27-13-26-18-19(23)24-12-25-20(18)27/h12-13,15-16,36H,7-11,14H2,1-6H3,(H2,23,24,25)/t16-/m1/s1. The highest BCUT2D eigenvalue weighted by atomic mass is 31.1. The maximum atomic E-state index is 13.1. The number of rotatable bonds is 15. The molecule has 0 aromatic carbocycles. The molecule has 0 aliphatic rings. The molecular formula is C22H37N6O7P. The molecule has 0 fully saturated rings. The summed E-state index contributed by atoms with van der Waals surface area (Å²) in [6, 6.07) is 0. The van der Waals surface area contributed by atoms with Gasteiger partial charge in [-0.05, 0) is 41.0 Å². The van der Waals surface area contributed by atoms with E-state index in [0.29, 0.717) is 24.1 Å². The maximum Gasteiger partial charge on any atom is 0.332 e. The van der Waals surface area contributed by atoms with Gasteiger partial charge in [-0.3, -0.25) is 9.36 Å². The third kappa shape index (κ3) is 8.22. The third-order valence-electron chi connectivity index (χ3n) is 5.18. The van der Waals surface area contributed by atoms with Gasteiger partial charge in [0.25, 0.3) is 8.18 Å². The van der Waals surface area contributed by atoms with Gasteiger partial charge in [0, 0.05) is 0 Å². The van der Waals surface area contributed by atoms with Crippen LogP contribution in [0.15, 0.2) is 12.7 Å². The van der Waals surface area contributed by atoms with Gasteiger partial charge < -0.3 is 29.0 Å². The molecule has 2 rings (SSSR count). The number of imidazole rings is 1. The van der Waals surface area contributed by atoms with Crippen molar-refractivity contribution in [2.24, 2.45) is 0 Å². The van der Waals surface area contributed by atoms with Crippen molar-refractivity contribution in [3.8, 4) is 0 Å². The number of anilines is 1. The van der Waals surface area contributed by atoms with Gasteiger partial charge in [-0.2, -0.15) is 4.67 Å². The van der Waals surface area contributed by atoms with Gasteiger partial charge in [0.2, 0.25) is 0 Å². The average Bonchev–Trinajstić information content (AvgIpc) is 3.21. The molecule has 202 valence electrons. The second-order valence-corrected chi connectivity index (χ2v) is 10.4. The Morgan fingerprint density at radius 2 is 1.94 bits per heavy atom. The molecule has 14 heteroatoms. The first kappa shape index (κ1) is 29.6. The number of aromatic nitrogens is 4. The minimum atomic E-state index is -3.09. The third-order valence-corrected chi connectivity index (χ3v) is 6.70. The number of ether oxygens (including phenoxy) is 3. The predicted molar refractivity (Wildman–Crippen MR) is 133 cm³/mol. The Kier molecular flexibility index (Phi) is 11.2. The van der Waals surface area contributed by atoms with Crippen LogP contribution in [0.3, 0.4) is 0 Å². The van der Waals surface area contributed by atoms with E-state index in [2.05, 4.69) is 15.0 Å². The molecule has 0 radical (unpaired) electrons. The molecule has 2 N–H and O–H groups in total. The number of fused-ring (bicyclic) bond motifs is 1. The molecule has 1 unspecified atom stereocenters. The van der Waals surface area contributed by atoms with Crippen LogP contribution in [0.5, 0.6) is 0 Å². The molecule has 2 heterocycles. The van der Waals surface area contributed by atoms with Crippen LogP contribution in [-0.4, -0.2) is 73.8 Å². The van der Waals surface area contributed by atoms with Crippen LogP contribution < -0.4 is 5.73 Å². The lowest BCUT2D eigenvalue weighted by Crippen LogP contribution is -2.49. The summed E-state index contributed by atoms with van der Waals surface area (Å²) in [4.78, 5) is 37.1. The highest BCUT2D eigenvalue weighted by molar-refractivity contribution is 7.36. The summed E-state index contributed by atoms with van der Waals surface area (Å²) in [5, 5.41) is 0. The topological polar surface area (TPSA) is 161 Å². The zero-order valence-electron chi connectivity index (χ0n) is 21.7. The van der Waals surface area contributed by atoms with E-state index >= 15 is 0 Å². The van der Waals surface area contributed by atoms with Crippen molar-refractivity contribution in [1.82, 2.24) is 24.2 Å². The van der Waals surface area contributed by atoms with Gasteiger partial charge in [0.1, 0.15) is 24.1 Å². The van der Waals surface area contributed by atoms with Crippen molar-refractivity contribution in [1.29, 1.82) is 0 Å². The minimum absolute atomic E-state index is 0.224. The molecule has 13 nitrogen and oxygen atoms in total. The SMILES string of the molecule is CCCCOC(=O)C(C)(C)N(CO[C@H](C)Cn1cnc2c(N)ncnc21)[PH](=O)OCC(=O)OC(C)C. The van der Waals surface area contributed by atoms with Gasteiger partial charge in [-0.1, -0.05) is 13.3 Å². The molecule has 0 aliphatic heterocycles. The Morgan fingerprint density at radius 1 is 1.22 bits per heavy atom. The number of nitrogen functional groups attached to an aromatic ring is 1. The van der Waals surface area contributed by atoms with Crippen LogP contribution in [0, 0.1) is 0 Å². The highest BCUT2D eigenvalue weighted by Crippen LogP contribution is 2.37. The van der Waals surface area contributed by atoms with Crippen molar-refractivity contribution in [2.75, 3.05) is 25.7 Å². The molecule has 0 saturated heterocycles. The van der Waals surface area contributed by atoms with Gasteiger partial charge in [-0.15, -0.1) is 0 Å². The summed E-state index contributed by atoms with van der Waals surface area (Å²) in [5.74, 6) is -0.963. The molecule has 0 aliphatic carbocycles. The minimum Gasteiger partial charge on any atom is -0.464 e. The van der Waals surface area contributed by atoms with E-state index in [1.807, 2.05) is 6.92 Å². The van der Waals surface area contributed by atoms with Crippen molar-refractivity contribution >= 4 is 37.1 Å². The van der Waals surface area contributed by atoms with E-state index in [1.165, 1.54) is 11.0 Å². The van der Waals surface area contributed by atoms with Crippen LogP contribution in [0.4, 0.5) is 5.82 Å². The second-order valence-electron chi connectivity index (χ2n) is 9.00. The first-order valence-electron chi connectivity index (χ1n) is 11.8. The van der Waals surface area contributed by atoms with E-state index in [0.717, 1.165) is 6.42 Å². The van der Waals surface area contributed by atoms with Crippen molar-refractivity contribution in [2.45, 2.75) is 78.7 Å². The number of carbonyl (C=O) groups excluding carboxylic acids is 2. The first-order chi connectivity index (χ1) is 17.0. The Hall–Kier alpha value is -2.60. The van der Waals surface area contributed by atoms with Crippen LogP contribution in [0.2, 0.25) is 0 Å². The van der Waals surface area contributed by atoms with E-state index in [9.17, 15) is 14.2 Å². The molecule has 0 amide bonds. The summed E-state index contributed by atoms with van der Waals surface area (Å²) in [7, 11) is -3.09. The van der Waals surface area contributed by atoms with Gasteiger partial charge >= 0.3 is 11.9 Å². The van der Waals surface area contributed by atoms with Crippen LogP contribution in [0.25, 0.3) is 11.2 Å². The Morgan fingerprint density at radius 3 is 2.61 bits per heavy atom. The van der Waals surface area contributed by atoms with E-state index in [-0.39, 0.29) is 25.3 Å². The number of nitrogens with zero attached hydrogens (tertiary/aromatic N) is 5. The summed E-state index contributed by atoms with van der Waals surface area (Å²) < 4.78 is 37.7. The van der Waals surface area contributed by atoms with E-state index in [4.69, 9.17) is 24.5 Å². The quantitative estimate of drug-likeness (QED) is 0.156. The average molecular weight is 529 g/mol. The molecule has 2 atom stereocenters. The molecule has 0 spiro atoms. The first-order valence-corrected chi connectivity index (χ1v) is 13.1. The molecule has 0 bridgehead atoms. The lowest BCUT2D eigenvalue weighted by Gasteiger charge is -2.35. The van der Waals surface area contributed by atoms with Crippen molar-refractivity contribution < 1.29 is 32.9 Å². The normalized spacial score (nSPS) is 13.8. The van der Waals surface area contributed by atoms with Gasteiger partial charge in [-0.25, -0.2) is 19.7 Å². The van der Waals surface area contributed by atoms with Crippen molar-refractivity contribution in [3.63, 3.8) is 0 Å². The number of hydrogen-bond acceptors (Lipinski definition) is 11. The van der Waals surface area contributed by atoms with E-state index in [1.54, 1.807) is 45.5 Å². The smallest absolute Gasteiger partial charge is 0.332 e. The molecule has 0 saturated carbocycles. The summed E-state index contributed by atoms with van der Waals surface area (Å²) >= 11 is 0. The Bertz CT molecular complexity index is 1050. The lowest BCUT2D eigenvalue weighted by atomic mass is 10.1. The Labute approximate surface area is 211 Å². The monoisotopic (exact) mass is 528 g/mol. The molecule has 36 heavy (non-hydrogen) atoms. The van der Waals surface area contributed by atoms with Crippen LogP contribution >= 0.6 is 8.18 Å². The van der Waals surface area contributed by atoms with Gasteiger partial charge in [0.05, 0.1) is 31.7 Å². The van der Waals surface area contributed by atoms with E-state index < -0.39 is 38.4 Å². The summed E-state index contributed by atoms with van der Waals surface area (Å²) in [5.41, 5.74) is 5.52. The number of carbonyl (C=O) groups is 2. The fourth-order valence-electron chi connectivity index (χ4n) is 3.10. The van der Waals surface area contributed by atoms with Gasteiger partial charge in [0.15, 0.2) is 18.1 Å². The zero-order chi connectivity index (χ0) is 26.9. The summed E-state index contributed by atoms with van der Waals surface area (Å²) in [6.45, 7) is 10.2. The summed E-state index contributed by atoms with van der Waals surface area (Å²) in [6.07, 6.45) is 3.74. The predicted octanol–water partition coefficient (Wildman–Crippen LogP) is 2.55. The fraction of sp³-hybridized carbons (Fsp3) is 0.682. The lowest BCUT2D eigenvalue weighted by molar-refractivity contribution is -0.157. The number of hydrogen-bond donors (Lipinski definition) is 1. The number of nitrogens with two attached hydrogens (primary N) is 1. The maximum absolute atomic E-state index is 13.1. The van der Waals surface area contributed by atoms with Crippen LogP contribution in [-0.2, 0) is 39.4 Å². The highest BCUT2D eigenvalue weighted by Gasteiger charge is 2.40. The van der Waals surface area contributed by atoms with Crippen LogP contribution in [0.1, 0.15) is 54.4 Å². The molecule has 2 aromatic heterocycles. The fourth-order valence-corrected chi connectivity index (χ4v) is 4.22.